The number of benzene rings is 1. The summed E-state index contributed by atoms with van der Waals surface area (Å²) >= 11 is 0. The average Bonchev–Trinajstić information content (AvgIpc) is 3.03. The van der Waals surface area contributed by atoms with E-state index >= 15 is 0 Å². The van der Waals surface area contributed by atoms with E-state index in [4.69, 9.17) is 4.74 Å². The second-order valence-corrected chi connectivity index (χ2v) is 11.0. The Bertz CT molecular complexity index is 786. The number of ether oxygens (including phenoxy) is 1. The molecule has 4 fully saturated rings. The van der Waals surface area contributed by atoms with Gasteiger partial charge < -0.3 is 9.84 Å². The number of hydrogen-bond acceptors (Lipinski definition) is 3. The first-order valence-electron chi connectivity index (χ1n) is 11.7. The fourth-order valence-electron chi connectivity index (χ4n) is 8.23. The Kier molecular flexibility index (Phi) is 4.62. The molecular formula is C26H36O3. The highest BCUT2D eigenvalue weighted by Gasteiger charge is 2.62. The average molecular weight is 397 g/mol. The molecule has 4 saturated carbocycles. The molecule has 0 aromatic heterocycles. The molecule has 1 aromatic rings. The number of aliphatic hydroxyl groups excluding tert-OH is 1. The van der Waals surface area contributed by atoms with Crippen molar-refractivity contribution in [1.29, 1.82) is 0 Å². The minimum absolute atomic E-state index is 0.0690. The summed E-state index contributed by atoms with van der Waals surface area (Å²) in [6.07, 6.45) is 8.06. The molecule has 0 saturated heterocycles. The predicted octanol–water partition coefficient (Wildman–Crippen LogP) is 5.36. The number of fused-ring (bicyclic) bond motifs is 5. The molecule has 5 unspecified atom stereocenters. The Hall–Kier alpha value is -1.35. The molecule has 158 valence electrons. The van der Waals surface area contributed by atoms with Crippen LogP contribution in [0.4, 0.5) is 0 Å². The maximum absolute atomic E-state index is 12.4. The molecule has 5 rings (SSSR count). The highest BCUT2D eigenvalue weighted by Crippen LogP contribution is 2.68. The molecule has 0 amide bonds. The SMILES string of the molecule is COc1ccc(C2CC3CC(=O)CC[C@]3(C)C3CC[C@@]4(C)C(CC[C@@H]4O)C23)cc1. The van der Waals surface area contributed by atoms with Gasteiger partial charge >= 0.3 is 0 Å². The fourth-order valence-corrected chi connectivity index (χ4v) is 8.23. The highest BCUT2D eigenvalue weighted by atomic mass is 16.5. The van der Waals surface area contributed by atoms with E-state index in [1.54, 1.807) is 7.11 Å². The van der Waals surface area contributed by atoms with Gasteiger partial charge in [0.2, 0.25) is 0 Å². The van der Waals surface area contributed by atoms with Gasteiger partial charge in [-0.25, -0.2) is 0 Å². The van der Waals surface area contributed by atoms with Crippen molar-refractivity contribution in [2.75, 3.05) is 7.11 Å². The van der Waals surface area contributed by atoms with Crippen molar-refractivity contribution in [1.82, 2.24) is 0 Å². The Morgan fingerprint density at radius 2 is 1.72 bits per heavy atom. The Labute approximate surface area is 175 Å². The molecule has 3 heteroatoms. The largest absolute Gasteiger partial charge is 0.497 e. The molecule has 4 aliphatic carbocycles. The number of carbonyl (C=O) groups is 1. The van der Waals surface area contributed by atoms with Crippen molar-refractivity contribution in [2.45, 2.75) is 77.2 Å². The highest BCUT2D eigenvalue weighted by molar-refractivity contribution is 5.79. The van der Waals surface area contributed by atoms with Crippen LogP contribution in [0.3, 0.4) is 0 Å². The summed E-state index contributed by atoms with van der Waals surface area (Å²) in [4.78, 5) is 12.4. The molecule has 0 spiro atoms. The van der Waals surface area contributed by atoms with Crippen molar-refractivity contribution < 1.29 is 14.6 Å². The normalized spacial score (nSPS) is 46.6. The van der Waals surface area contributed by atoms with Crippen LogP contribution in [0.1, 0.15) is 76.7 Å². The van der Waals surface area contributed by atoms with Crippen LogP contribution in [0.15, 0.2) is 24.3 Å². The number of carbonyl (C=O) groups excluding carboxylic acids is 1. The summed E-state index contributed by atoms with van der Waals surface area (Å²) in [6, 6.07) is 8.70. The molecule has 1 aromatic carbocycles. The van der Waals surface area contributed by atoms with Crippen LogP contribution in [0.5, 0.6) is 5.75 Å². The lowest BCUT2D eigenvalue weighted by molar-refractivity contribution is -0.146. The number of Topliss-reactive ketones (excluding diaryl/α,β-unsaturated/α-hetero) is 1. The van der Waals surface area contributed by atoms with Gasteiger partial charge in [-0.15, -0.1) is 0 Å². The van der Waals surface area contributed by atoms with Crippen LogP contribution in [0.2, 0.25) is 0 Å². The third-order valence-electron chi connectivity index (χ3n) is 10.0. The monoisotopic (exact) mass is 396 g/mol. The van der Waals surface area contributed by atoms with Crippen molar-refractivity contribution in [3.63, 3.8) is 0 Å². The van der Waals surface area contributed by atoms with Gasteiger partial charge in [0.25, 0.3) is 0 Å². The molecule has 3 nitrogen and oxygen atoms in total. The third-order valence-corrected chi connectivity index (χ3v) is 10.0. The summed E-state index contributed by atoms with van der Waals surface area (Å²) in [5.41, 5.74) is 1.77. The van der Waals surface area contributed by atoms with Gasteiger partial charge in [0.15, 0.2) is 0 Å². The molecule has 0 heterocycles. The lowest BCUT2D eigenvalue weighted by Gasteiger charge is -2.62. The van der Waals surface area contributed by atoms with Crippen LogP contribution >= 0.6 is 0 Å². The topological polar surface area (TPSA) is 46.5 Å². The number of hydrogen-bond donors (Lipinski definition) is 1. The summed E-state index contributed by atoms with van der Waals surface area (Å²) in [7, 11) is 1.72. The minimum Gasteiger partial charge on any atom is -0.497 e. The zero-order valence-corrected chi connectivity index (χ0v) is 18.2. The van der Waals surface area contributed by atoms with Crippen molar-refractivity contribution in [3.8, 4) is 5.75 Å². The lowest BCUT2D eigenvalue weighted by Crippen LogP contribution is -2.56. The third kappa shape index (κ3) is 2.83. The van der Waals surface area contributed by atoms with E-state index in [1.165, 1.54) is 12.0 Å². The lowest BCUT2D eigenvalue weighted by atomic mass is 9.42. The first kappa shape index (κ1) is 19.6. The van der Waals surface area contributed by atoms with Gasteiger partial charge in [-0.1, -0.05) is 26.0 Å². The van der Waals surface area contributed by atoms with Gasteiger partial charge in [-0.2, -0.15) is 0 Å². The van der Waals surface area contributed by atoms with Gasteiger partial charge in [0.05, 0.1) is 13.2 Å². The molecule has 0 aliphatic heterocycles. The van der Waals surface area contributed by atoms with Crippen LogP contribution in [0, 0.1) is 34.5 Å². The Morgan fingerprint density at radius 1 is 1.00 bits per heavy atom. The van der Waals surface area contributed by atoms with E-state index in [0.29, 0.717) is 35.4 Å². The molecular weight excluding hydrogens is 360 g/mol. The Balaban J connectivity index is 1.57. The standard InChI is InChI=1S/C26H36O3/c1-25-12-10-18(27)14-17(25)15-20(16-4-6-19(29-3)7-5-16)24-21-8-9-23(28)26(21,2)13-11-22(24)25/h4-7,17,20-24,28H,8-15H2,1-3H3/t17?,20?,21?,22?,23-,24?,25-,26-/m0/s1. The predicted molar refractivity (Wildman–Crippen MR) is 114 cm³/mol. The number of aliphatic hydroxyl groups is 1. The van der Waals surface area contributed by atoms with Crippen LogP contribution in [-0.2, 0) is 4.79 Å². The second kappa shape index (κ2) is 6.83. The van der Waals surface area contributed by atoms with Crippen LogP contribution in [-0.4, -0.2) is 24.1 Å². The summed E-state index contributed by atoms with van der Waals surface area (Å²) in [6.45, 7) is 4.86. The van der Waals surface area contributed by atoms with Crippen molar-refractivity contribution in [2.24, 2.45) is 34.5 Å². The van der Waals surface area contributed by atoms with Crippen LogP contribution in [0.25, 0.3) is 0 Å². The van der Waals surface area contributed by atoms with Crippen LogP contribution < -0.4 is 4.74 Å². The first-order valence-corrected chi connectivity index (χ1v) is 11.7. The van der Waals surface area contributed by atoms with E-state index < -0.39 is 0 Å². The van der Waals surface area contributed by atoms with Gasteiger partial charge in [-0.05, 0) is 96.6 Å². The quantitative estimate of drug-likeness (QED) is 0.732. The molecule has 4 aliphatic rings. The summed E-state index contributed by atoms with van der Waals surface area (Å²) in [5, 5.41) is 10.9. The van der Waals surface area contributed by atoms with Crippen molar-refractivity contribution >= 4 is 5.78 Å². The van der Waals surface area contributed by atoms with Crippen molar-refractivity contribution in [3.05, 3.63) is 29.8 Å². The first-order chi connectivity index (χ1) is 13.9. The Morgan fingerprint density at radius 3 is 2.45 bits per heavy atom. The van der Waals surface area contributed by atoms with E-state index in [2.05, 4.69) is 38.1 Å². The number of ketones is 1. The second-order valence-electron chi connectivity index (χ2n) is 11.0. The smallest absolute Gasteiger partial charge is 0.133 e. The summed E-state index contributed by atoms with van der Waals surface area (Å²) in [5.74, 6) is 4.26. The van der Waals surface area contributed by atoms with E-state index in [0.717, 1.165) is 50.7 Å². The fraction of sp³-hybridized carbons (Fsp3) is 0.731. The molecule has 0 bridgehead atoms. The zero-order valence-electron chi connectivity index (χ0n) is 18.2. The number of rotatable bonds is 2. The van der Waals surface area contributed by atoms with Gasteiger partial charge in [-0.3, -0.25) is 4.79 Å². The number of methoxy groups -OCH3 is 1. The maximum Gasteiger partial charge on any atom is 0.133 e. The van der Waals surface area contributed by atoms with E-state index in [9.17, 15) is 9.90 Å². The molecule has 1 N–H and O–H groups in total. The molecule has 8 atom stereocenters. The maximum atomic E-state index is 12.4. The zero-order chi connectivity index (χ0) is 20.4. The van der Waals surface area contributed by atoms with E-state index in [1.807, 2.05) is 0 Å². The van der Waals surface area contributed by atoms with Gasteiger partial charge in [0.1, 0.15) is 11.5 Å². The summed E-state index contributed by atoms with van der Waals surface area (Å²) < 4.78 is 5.40. The van der Waals surface area contributed by atoms with Gasteiger partial charge in [0, 0.05) is 12.8 Å². The van der Waals surface area contributed by atoms with E-state index in [-0.39, 0.29) is 16.9 Å². The molecule has 29 heavy (non-hydrogen) atoms. The minimum atomic E-state index is -0.150. The molecule has 0 radical (unpaired) electrons.